The molecular formula is C12H25N3O2. The molecule has 1 saturated heterocycles. The fourth-order valence-electron chi connectivity index (χ4n) is 2.08. The Balaban J connectivity index is 2.41. The third-order valence-electron chi connectivity index (χ3n) is 2.83. The number of amides is 2. The van der Waals surface area contributed by atoms with Gasteiger partial charge in [0.2, 0.25) is 0 Å². The van der Waals surface area contributed by atoms with E-state index in [4.69, 9.17) is 4.74 Å². The van der Waals surface area contributed by atoms with E-state index < -0.39 is 0 Å². The molecular weight excluding hydrogens is 218 g/mol. The molecule has 0 aromatic carbocycles. The lowest BCUT2D eigenvalue weighted by molar-refractivity contribution is -0.0681. The number of carbonyl (C=O) groups excluding carboxylic acids is 1. The number of morpholine rings is 1. The van der Waals surface area contributed by atoms with E-state index in [0.717, 1.165) is 25.9 Å². The van der Waals surface area contributed by atoms with Gasteiger partial charge in [0, 0.05) is 25.7 Å². The molecule has 1 heterocycles. The molecule has 17 heavy (non-hydrogen) atoms. The Labute approximate surface area is 104 Å². The van der Waals surface area contributed by atoms with Crippen LogP contribution < -0.4 is 16.0 Å². The highest BCUT2D eigenvalue weighted by Crippen LogP contribution is 2.19. The number of nitrogens with one attached hydrogen (secondary N) is 3. The summed E-state index contributed by atoms with van der Waals surface area (Å²) in [4.78, 5) is 11.5. The molecule has 1 fully saturated rings. The van der Waals surface area contributed by atoms with Crippen molar-refractivity contribution in [2.45, 2.75) is 45.3 Å². The standard InChI is InChI=1S/C12H25N3O2/c1-4-5-12(8-13-6-7-17-12)9-14-11(16)15-10(2)3/h10,13H,4-9H2,1-3H3,(H2,14,15,16). The normalized spacial score (nSPS) is 24.7. The van der Waals surface area contributed by atoms with Crippen LogP contribution in [0.15, 0.2) is 0 Å². The third-order valence-corrected chi connectivity index (χ3v) is 2.83. The van der Waals surface area contributed by atoms with E-state index in [1.54, 1.807) is 0 Å². The van der Waals surface area contributed by atoms with E-state index in [0.29, 0.717) is 13.2 Å². The van der Waals surface area contributed by atoms with Crippen molar-refractivity contribution >= 4 is 6.03 Å². The minimum Gasteiger partial charge on any atom is -0.371 e. The maximum Gasteiger partial charge on any atom is 0.315 e. The Morgan fingerprint density at radius 2 is 2.29 bits per heavy atom. The summed E-state index contributed by atoms with van der Waals surface area (Å²) in [6.07, 6.45) is 2.01. The first-order valence-corrected chi connectivity index (χ1v) is 6.47. The zero-order chi connectivity index (χ0) is 12.7. The average molecular weight is 243 g/mol. The maximum absolute atomic E-state index is 11.5. The van der Waals surface area contributed by atoms with Crippen molar-refractivity contribution in [3.05, 3.63) is 0 Å². The first kappa shape index (κ1) is 14.3. The van der Waals surface area contributed by atoms with Gasteiger partial charge in [0.05, 0.1) is 12.2 Å². The molecule has 1 atom stereocenters. The summed E-state index contributed by atoms with van der Waals surface area (Å²) in [5, 5.41) is 9.04. The molecule has 1 aliphatic rings. The number of rotatable bonds is 5. The summed E-state index contributed by atoms with van der Waals surface area (Å²) in [7, 11) is 0. The third kappa shape index (κ3) is 4.91. The van der Waals surface area contributed by atoms with Crippen LogP contribution in [0.4, 0.5) is 4.79 Å². The second-order valence-electron chi connectivity index (χ2n) is 4.94. The second-order valence-corrected chi connectivity index (χ2v) is 4.94. The van der Waals surface area contributed by atoms with E-state index in [-0.39, 0.29) is 17.7 Å². The van der Waals surface area contributed by atoms with Gasteiger partial charge in [-0.25, -0.2) is 4.79 Å². The SMILES string of the molecule is CCCC1(CNC(=O)NC(C)C)CNCCO1. The fourth-order valence-corrected chi connectivity index (χ4v) is 2.08. The molecule has 0 radical (unpaired) electrons. The molecule has 1 unspecified atom stereocenters. The van der Waals surface area contributed by atoms with Crippen molar-refractivity contribution in [3.8, 4) is 0 Å². The van der Waals surface area contributed by atoms with Crippen molar-refractivity contribution in [1.82, 2.24) is 16.0 Å². The van der Waals surface area contributed by atoms with Crippen LogP contribution in [0.3, 0.4) is 0 Å². The molecule has 2 amide bonds. The van der Waals surface area contributed by atoms with Gasteiger partial charge in [0.1, 0.15) is 0 Å². The van der Waals surface area contributed by atoms with Crippen LogP contribution in [0.1, 0.15) is 33.6 Å². The molecule has 5 nitrogen and oxygen atoms in total. The highest BCUT2D eigenvalue weighted by Gasteiger charge is 2.32. The maximum atomic E-state index is 11.5. The summed E-state index contributed by atoms with van der Waals surface area (Å²) >= 11 is 0. The van der Waals surface area contributed by atoms with Crippen LogP contribution in [-0.4, -0.2) is 43.9 Å². The lowest BCUT2D eigenvalue weighted by Gasteiger charge is -2.37. The average Bonchev–Trinajstić information content (AvgIpc) is 2.27. The van der Waals surface area contributed by atoms with Gasteiger partial charge in [-0.15, -0.1) is 0 Å². The smallest absolute Gasteiger partial charge is 0.315 e. The monoisotopic (exact) mass is 243 g/mol. The van der Waals surface area contributed by atoms with Gasteiger partial charge in [-0.3, -0.25) is 0 Å². The minimum absolute atomic E-state index is 0.121. The van der Waals surface area contributed by atoms with E-state index in [1.807, 2.05) is 13.8 Å². The van der Waals surface area contributed by atoms with Crippen LogP contribution in [0, 0.1) is 0 Å². The van der Waals surface area contributed by atoms with E-state index in [2.05, 4.69) is 22.9 Å². The fraction of sp³-hybridized carbons (Fsp3) is 0.917. The van der Waals surface area contributed by atoms with E-state index in [9.17, 15) is 4.79 Å². The molecule has 5 heteroatoms. The van der Waals surface area contributed by atoms with Crippen molar-refractivity contribution in [1.29, 1.82) is 0 Å². The highest BCUT2D eigenvalue weighted by molar-refractivity contribution is 5.74. The summed E-state index contributed by atoms with van der Waals surface area (Å²) in [5.41, 5.74) is -0.235. The summed E-state index contributed by atoms with van der Waals surface area (Å²) in [6, 6.07) is 0.0344. The summed E-state index contributed by atoms with van der Waals surface area (Å²) in [5.74, 6) is 0. The molecule has 3 N–H and O–H groups in total. The lowest BCUT2D eigenvalue weighted by Crippen LogP contribution is -2.57. The molecule has 0 aromatic rings. The van der Waals surface area contributed by atoms with Crippen molar-refractivity contribution in [2.24, 2.45) is 0 Å². The molecule has 1 aliphatic heterocycles. The number of hydrogen-bond donors (Lipinski definition) is 3. The van der Waals surface area contributed by atoms with Crippen LogP contribution in [0.2, 0.25) is 0 Å². The van der Waals surface area contributed by atoms with Crippen LogP contribution in [0.25, 0.3) is 0 Å². The van der Waals surface area contributed by atoms with Crippen molar-refractivity contribution in [3.63, 3.8) is 0 Å². The zero-order valence-corrected chi connectivity index (χ0v) is 11.1. The molecule has 0 spiro atoms. The largest absolute Gasteiger partial charge is 0.371 e. The molecule has 100 valence electrons. The Hall–Kier alpha value is -0.810. The Morgan fingerprint density at radius 3 is 2.82 bits per heavy atom. The minimum atomic E-state index is -0.235. The molecule has 0 aliphatic carbocycles. The number of hydrogen-bond acceptors (Lipinski definition) is 3. The predicted molar refractivity (Wildman–Crippen MR) is 68.1 cm³/mol. The number of ether oxygens (including phenoxy) is 1. The number of urea groups is 1. The first-order valence-electron chi connectivity index (χ1n) is 6.47. The molecule has 1 rings (SSSR count). The summed E-state index contributed by atoms with van der Waals surface area (Å²) in [6.45, 7) is 9.00. The van der Waals surface area contributed by atoms with E-state index >= 15 is 0 Å². The van der Waals surface area contributed by atoms with Crippen LogP contribution >= 0.6 is 0 Å². The quantitative estimate of drug-likeness (QED) is 0.671. The van der Waals surface area contributed by atoms with Crippen molar-refractivity contribution in [2.75, 3.05) is 26.2 Å². The van der Waals surface area contributed by atoms with E-state index in [1.165, 1.54) is 0 Å². The van der Waals surface area contributed by atoms with Gasteiger partial charge in [-0.2, -0.15) is 0 Å². The molecule has 0 bridgehead atoms. The van der Waals surface area contributed by atoms with Crippen LogP contribution in [-0.2, 0) is 4.74 Å². The summed E-state index contributed by atoms with van der Waals surface area (Å²) < 4.78 is 5.86. The Morgan fingerprint density at radius 1 is 1.53 bits per heavy atom. The first-order chi connectivity index (χ1) is 8.08. The van der Waals surface area contributed by atoms with Gasteiger partial charge in [-0.1, -0.05) is 13.3 Å². The van der Waals surface area contributed by atoms with Gasteiger partial charge in [-0.05, 0) is 20.3 Å². The van der Waals surface area contributed by atoms with Crippen LogP contribution in [0.5, 0.6) is 0 Å². The topological polar surface area (TPSA) is 62.4 Å². The Bertz CT molecular complexity index is 232. The van der Waals surface area contributed by atoms with Gasteiger partial charge in [0.25, 0.3) is 0 Å². The number of carbonyl (C=O) groups is 1. The predicted octanol–water partition coefficient (Wildman–Crippen LogP) is 0.853. The molecule has 0 aromatic heterocycles. The zero-order valence-electron chi connectivity index (χ0n) is 11.1. The van der Waals surface area contributed by atoms with Gasteiger partial charge >= 0.3 is 6.03 Å². The lowest BCUT2D eigenvalue weighted by atomic mass is 9.96. The Kier molecular flexibility index (Phi) is 5.71. The molecule has 0 saturated carbocycles. The highest BCUT2D eigenvalue weighted by atomic mass is 16.5. The van der Waals surface area contributed by atoms with Gasteiger partial charge < -0.3 is 20.7 Å². The second kappa shape index (κ2) is 6.81. The van der Waals surface area contributed by atoms with Gasteiger partial charge in [0.15, 0.2) is 0 Å². The van der Waals surface area contributed by atoms with Crippen molar-refractivity contribution < 1.29 is 9.53 Å².